The van der Waals surface area contributed by atoms with Crippen molar-refractivity contribution in [2.45, 2.75) is 12.6 Å². The minimum atomic E-state index is -0.311. The van der Waals surface area contributed by atoms with Crippen molar-refractivity contribution in [2.24, 2.45) is 0 Å². The van der Waals surface area contributed by atoms with Crippen LogP contribution in [0.4, 0.5) is 0 Å². The molecule has 0 radical (unpaired) electrons. The van der Waals surface area contributed by atoms with Gasteiger partial charge in [0.05, 0.1) is 23.9 Å². The first-order chi connectivity index (χ1) is 9.35. The van der Waals surface area contributed by atoms with Gasteiger partial charge in [-0.2, -0.15) is 5.26 Å². The maximum Gasteiger partial charge on any atom is 0.156 e. The largest absolute Gasteiger partial charge is 0.361 e. The van der Waals surface area contributed by atoms with Gasteiger partial charge in [0.25, 0.3) is 0 Å². The third kappa shape index (κ3) is 2.73. The zero-order valence-corrected chi connectivity index (χ0v) is 10.6. The van der Waals surface area contributed by atoms with Gasteiger partial charge in [0.2, 0.25) is 0 Å². The molecule has 0 aliphatic carbocycles. The fourth-order valence-electron chi connectivity index (χ4n) is 2.35. The average molecular weight is 253 g/mol. The molecule has 1 aliphatic heterocycles. The summed E-state index contributed by atoms with van der Waals surface area (Å²) >= 11 is 0. The molecule has 1 aromatic carbocycles. The molecule has 1 saturated heterocycles. The summed E-state index contributed by atoms with van der Waals surface area (Å²) in [5, 5.41) is 10.1. The molecule has 4 nitrogen and oxygen atoms in total. The summed E-state index contributed by atoms with van der Waals surface area (Å²) < 4.78 is 5.34. The zero-order valence-electron chi connectivity index (χ0n) is 10.6. The molecule has 0 amide bonds. The number of fused-ring (bicyclic) bond motifs is 1. The van der Waals surface area contributed by atoms with Crippen molar-refractivity contribution in [1.82, 2.24) is 9.88 Å². The van der Waals surface area contributed by atoms with E-state index in [4.69, 9.17) is 10.00 Å². The summed E-state index contributed by atoms with van der Waals surface area (Å²) in [5.41, 5.74) is 2.06. The van der Waals surface area contributed by atoms with E-state index in [1.807, 2.05) is 18.2 Å². The highest BCUT2D eigenvalue weighted by molar-refractivity contribution is 5.78. The van der Waals surface area contributed by atoms with Crippen LogP contribution in [0.15, 0.2) is 36.4 Å². The van der Waals surface area contributed by atoms with Gasteiger partial charge in [-0.1, -0.05) is 24.3 Å². The number of para-hydroxylation sites is 1. The monoisotopic (exact) mass is 253 g/mol. The van der Waals surface area contributed by atoms with Crippen LogP contribution in [0.25, 0.3) is 10.9 Å². The van der Waals surface area contributed by atoms with E-state index in [9.17, 15) is 0 Å². The number of nitrogens with zero attached hydrogens (tertiary/aromatic N) is 3. The number of aromatic nitrogens is 1. The van der Waals surface area contributed by atoms with Gasteiger partial charge in [-0.15, -0.1) is 0 Å². The van der Waals surface area contributed by atoms with Crippen molar-refractivity contribution < 1.29 is 4.74 Å². The van der Waals surface area contributed by atoms with Gasteiger partial charge >= 0.3 is 0 Å². The Morgan fingerprint density at radius 2 is 2.21 bits per heavy atom. The molecule has 0 saturated carbocycles. The predicted octanol–water partition coefficient (Wildman–Crippen LogP) is 1.96. The van der Waals surface area contributed by atoms with Crippen LogP contribution in [0.5, 0.6) is 0 Å². The molecule has 4 heteroatoms. The van der Waals surface area contributed by atoms with Gasteiger partial charge in [-0.05, 0) is 12.1 Å². The van der Waals surface area contributed by atoms with Crippen LogP contribution in [0.3, 0.4) is 0 Å². The van der Waals surface area contributed by atoms with Crippen molar-refractivity contribution in [3.63, 3.8) is 0 Å². The molecular formula is C15H15N3O. The Kier molecular flexibility index (Phi) is 3.41. The lowest BCUT2D eigenvalue weighted by Gasteiger charge is -2.29. The molecule has 3 rings (SSSR count). The quantitative estimate of drug-likeness (QED) is 0.821. The molecule has 19 heavy (non-hydrogen) atoms. The van der Waals surface area contributed by atoms with Crippen LogP contribution in [0.1, 0.15) is 5.69 Å². The molecule has 1 atom stereocenters. The fraction of sp³-hybridized carbons (Fsp3) is 0.333. The number of benzene rings is 1. The number of pyridine rings is 1. The number of hydrogen-bond donors (Lipinski definition) is 0. The van der Waals surface area contributed by atoms with E-state index in [0.29, 0.717) is 13.2 Å². The standard InChI is InChI=1S/C15H15N3O/c16-9-14-11-18(7-8-19-14)10-13-6-5-12-3-1-2-4-15(12)17-13/h1-6,14H,7-8,10-11H2. The van der Waals surface area contributed by atoms with E-state index in [-0.39, 0.29) is 6.10 Å². The number of rotatable bonds is 2. The second kappa shape index (κ2) is 5.35. The first kappa shape index (κ1) is 12.1. The first-order valence-electron chi connectivity index (χ1n) is 6.43. The zero-order chi connectivity index (χ0) is 13.1. The minimum absolute atomic E-state index is 0.311. The molecule has 0 N–H and O–H groups in total. The van der Waals surface area contributed by atoms with Gasteiger partial charge in [0, 0.05) is 25.0 Å². The van der Waals surface area contributed by atoms with Crippen molar-refractivity contribution in [3.05, 3.63) is 42.1 Å². The number of ether oxygens (including phenoxy) is 1. The lowest BCUT2D eigenvalue weighted by molar-refractivity contribution is -0.00308. The molecule has 1 fully saturated rings. The highest BCUT2D eigenvalue weighted by Gasteiger charge is 2.20. The highest BCUT2D eigenvalue weighted by Crippen LogP contribution is 2.14. The van der Waals surface area contributed by atoms with Crippen molar-refractivity contribution in [2.75, 3.05) is 19.7 Å². The van der Waals surface area contributed by atoms with Crippen LogP contribution in [-0.2, 0) is 11.3 Å². The van der Waals surface area contributed by atoms with Crippen LogP contribution >= 0.6 is 0 Å². The van der Waals surface area contributed by atoms with Crippen LogP contribution in [0.2, 0.25) is 0 Å². The smallest absolute Gasteiger partial charge is 0.156 e. The van der Waals surface area contributed by atoms with Gasteiger partial charge in [-0.3, -0.25) is 9.88 Å². The molecule has 2 aromatic rings. The molecule has 1 aliphatic rings. The summed E-state index contributed by atoms with van der Waals surface area (Å²) in [6.07, 6.45) is -0.311. The van der Waals surface area contributed by atoms with E-state index in [1.165, 1.54) is 0 Å². The molecule has 96 valence electrons. The highest BCUT2D eigenvalue weighted by atomic mass is 16.5. The molecule has 1 aromatic heterocycles. The predicted molar refractivity (Wildman–Crippen MR) is 72.4 cm³/mol. The van der Waals surface area contributed by atoms with E-state index in [2.05, 4.69) is 34.2 Å². The SMILES string of the molecule is N#CC1CN(Cc2ccc3ccccc3n2)CCO1. The van der Waals surface area contributed by atoms with Gasteiger partial charge in [0.1, 0.15) is 0 Å². The van der Waals surface area contributed by atoms with E-state index < -0.39 is 0 Å². The summed E-state index contributed by atoms with van der Waals surface area (Å²) in [4.78, 5) is 6.87. The third-order valence-electron chi connectivity index (χ3n) is 3.34. The minimum Gasteiger partial charge on any atom is -0.361 e. The van der Waals surface area contributed by atoms with E-state index in [1.54, 1.807) is 0 Å². The number of nitriles is 1. The number of hydrogen-bond acceptors (Lipinski definition) is 4. The Bertz CT molecular complexity index is 620. The Hall–Kier alpha value is -1.96. The van der Waals surface area contributed by atoms with Gasteiger partial charge in [0.15, 0.2) is 6.10 Å². The molecule has 1 unspecified atom stereocenters. The van der Waals surface area contributed by atoms with E-state index in [0.717, 1.165) is 29.7 Å². The Balaban J connectivity index is 1.76. The summed E-state index contributed by atoms with van der Waals surface area (Å²) in [7, 11) is 0. The topological polar surface area (TPSA) is 49.2 Å². The Morgan fingerprint density at radius 1 is 1.32 bits per heavy atom. The van der Waals surface area contributed by atoms with Crippen molar-refractivity contribution in [3.8, 4) is 6.07 Å². The lowest BCUT2D eigenvalue weighted by atomic mass is 10.2. The van der Waals surface area contributed by atoms with E-state index >= 15 is 0 Å². The molecule has 0 bridgehead atoms. The first-order valence-corrected chi connectivity index (χ1v) is 6.43. The van der Waals surface area contributed by atoms with Crippen LogP contribution < -0.4 is 0 Å². The average Bonchev–Trinajstić information content (AvgIpc) is 2.47. The molecule has 0 spiro atoms. The second-order valence-corrected chi connectivity index (χ2v) is 4.72. The fourth-order valence-corrected chi connectivity index (χ4v) is 2.35. The molecular weight excluding hydrogens is 238 g/mol. The third-order valence-corrected chi connectivity index (χ3v) is 3.34. The van der Waals surface area contributed by atoms with Crippen molar-refractivity contribution in [1.29, 1.82) is 5.26 Å². The van der Waals surface area contributed by atoms with Crippen molar-refractivity contribution >= 4 is 10.9 Å². The normalized spacial score (nSPS) is 20.3. The lowest BCUT2D eigenvalue weighted by Crippen LogP contribution is -2.41. The molecule has 2 heterocycles. The summed E-state index contributed by atoms with van der Waals surface area (Å²) in [6.45, 7) is 2.90. The summed E-state index contributed by atoms with van der Waals surface area (Å²) in [6, 6.07) is 14.4. The van der Waals surface area contributed by atoms with Gasteiger partial charge in [-0.25, -0.2) is 0 Å². The number of morpholine rings is 1. The maximum atomic E-state index is 8.90. The van der Waals surface area contributed by atoms with Gasteiger partial charge < -0.3 is 4.74 Å². The van der Waals surface area contributed by atoms with Crippen LogP contribution in [-0.4, -0.2) is 35.7 Å². The Morgan fingerprint density at radius 3 is 3.11 bits per heavy atom. The maximum absolute atomic E-state index is 8.90. The Labute approximate surface area is 112 Å². The summed E-state index contributed by atoms with van der Waals surface area (Å²) in [5.74, 6) is 0. The van der Waals surface area contributed by atoms with Crippen LogP contribution in [0, 0.1) is 11.3 Å². The second-order valence-electron chi connectivity index (χ2n) is 4.72.